The minimum atomic E-state index is -3.42. The summed E-state index contributed by atoms with van der Waals surface area (Å²) >= 11 is 0. The maximum absolute atomic E-state index is 12.6. The maximum Gasteiger partial charge on any atom is 0.279 e. The highest BCUT2D eigenvalue weighted by molar-refractivity contribution is 7.87. The first-order chi connectivity index (χ1) is 9.81. The number of likely N-dealkylation sites (tertiary alicyclic amines) is 1. The van der Waals surface area contributed by atoms with E-state index >= 15 is 0 Å². The molecule has 2 rings (SSSR count). The summed E-state index contributed by atoms with van der Waals surface area (Å²) in [5.74, 6) is 0.338. The number of nitrogens with zero attached hydrogens (tertiary/aromatic N) is 2. The van der Waals surface area contributed by atoms with Crippen molar-refractivity contribution in [2.24, 2.45) is 5.92 Å². The van der Waals surface area contributed by atoms with Gasteiger partial charge in [-0.05, 0) is 32.6 Å². The van der Waals surface area contributed by atoms with Crippen LogP contribution in [-0.2, 0) is 14.9 Å². The van der Waals surface area contributed by atoms with Crippen molar-refractivity contribution in [2.75, 3.05) is 33.4 Å². The third-order valence-electron chi connectivity index (χ3n) is 4.76. The van der Waals surface area contributed by atoms with Crippen LogP contribution in [0.2, 0.25) is 0 Å². The van der Waals surface area contributed by atoms with E-state index in [0.29, 0.717) is 25.2 Å². The molecule has 2 atom stereocenters. The van der Waals surface area contributed by atoms with Crippen LogP contribution in [0.15, 0.2) is 0 Å². The Kier molecular flexibility index (Phi) is 5.65. The third kappa shape index (κ3) is 4.16. The number of rotatable bonds is 5. The highest BCUT2D eigenvalue weighted by Gasteiger charge is 2.36. The van der Waals surface area contributed by atoms with E-state index in [9.17, 15) is 8.42 Å². The summed E-state index contributed by atoms with van der Waals surface area (Å²) in [5.41, 5.74) is 0. The van der Waals surface area contributed by atoms with E-state index in [4.69, 9.17) is 4.74 Å². The van der Waals surface area contributed by atoms with Crippen LogP contribution >= 0.6 is 0 Å². The molecule has 0 aliphatic carbocycles. The van der Waals surface area contributed by atoms with Crippen LogP contribution < -0.4 is 4.72 Å². The fraction of sp³-hybridized carbons (Fsp3) is 1.00. The van der Waals surface area contributed by atoms with Crippen molar-refractivity contribution in [3.63, 3.8) is 0 Å². The van der Waals surface area contributed by atoms with Crippen molar-refractivity contribution in [3.05, 3.63) is 0 Å². The fourth-order valence-electron chi connectivity index (χ4n) is 3.10. The van der Waals surface area contributed by atoms with Gasteiger partial charge in [-0.3, -0.25) is 4.90 Å². The van der Waals surface area contributed by atoms with Crippen molar-refractivity contribution in [1.82, 2.24) is 13.9 Å². The standard InChI is InChI=1S/C14H29N3O3S/c1-11(2)17-9-12(3)14(10-17)15-21(18,19)16(4)13-5-7-20-8-6-13/h11-15H,5-10H2,1-4H3. The minimum Gasteiger partial charge on any atom is -0.381 e. The van der Waals surface area contributed by atoms with Crippen LogP contribution in [0, 0.1) is 5.92 Å². The summed E-state index contributed by atoms with van der Waals surface area (Å²) < 4.78 is 34.8. The van der Waals surface area contributed by atoms with Gasteiger partial charge in [0.25, 0.3) is 10.2 Å². The Bertz CT molecular complexity index is 435. The Labute approximate surface area is 129 Å². The molecule has 2 aliphatic rings. The number of nitrogens with one attached hydrogen (secondary N) is 1. The molecule has 0 aromatic carbocycles. The highest BCUT2D eigenvalue weighted by atomic mass is 32.2. The molecule has 21 heavy (non-hydrogen) atoms. The lowest BCUT2D eigenvalue weighted by Crippen LogP contribution is -2.51. The first kappa shape index (κ1) is 17.1. The average molecular weight is 319 g/mol. The number of hydrogen-bond donors (Lipinski definition) is 1. The summed E-state index contributed by atoms with van der Waals surface area (Å²) in [5, 5.41) is 0. The second-order valence-electron chi connectivity index (χ2n) is 6.61. The van der Waals surface area contributed by atoms with Gasteiger partial charge in [-0.2, -0.15) is 17.4 Å². The van der Waals surface area contributed by atoms with Gasteiger partial charge in [0, 0.05) is 51.5 Å². The van der Waals surface area contributed by atoms with Gasteiger partial charge in [0.2, 0.25) is 0 Å². The van der Waals surface area contributed by atoms with Crippen molar-refractivity contribution in [3.8, 4) is 0 Å². The molecule has 7 heteroatoms. The van der Waals surface area contributed by atoms with Crippen LogP contribution in [-0.4, -0.2) is 69.1 Å². The van der Waals surface area contributed by atoms with E-state index in [1.807, 2.05) is 0 Å². The monoisotopic (exact) mass is 319 g/mol. The van der Waals surface area contributed by atoms with Gasteiger partial charge in [-0.15, -0.1) is 0 Å². The zero-order valence-electron chi connectivity index (χ0n) is 13.6. The fourth-order valence-corrected chi connectivity index (χ4v) is 4.56. The molecule has 0 amide bonds. The Hall–Kier alpha value is -0.210. The minimum absolute atomic E-state index is 0.000287. The third-order valence-corrected chi connectivity index (χ3v) is 6.41. The Morgan fingerprint density at radius 2 is 1.86 bits per heavy atom. The molecule has 124 valence electrons. The average Bonchev–Trinajstić information content (AvgIpc) is 2.80. The van der Waals surface area contributed by atoms with Crippen molar-refractivity contribution in [2.45, 2.75) is 51.7 Å². The molecule has 0 aromatic rings. The lowest BCUT2D eigenvalue weighted by Gasteiger charge is -2.31. The highest BCUT2D eigenvalue weighted by Crippen LogP contribution is 2.21. The second-order valence-corrected chi connectivity index (χ2v) is 8.38. The van der Waals surface area contributed by atoms with E-state index < -0.39 is 10.2 Å². The van der Waals surface area contributed by atoms with Crippen LogP contribution in [0.1, 0.15) is 33.6 Å². The number of ether oxygens (including phenoxy) is 1. The van der Waals surface area contributed by atoms with E-state index in [1.54, 1.807) is 7.05 Å². The molecule has 2 aliphatic heterocycles. The molecule has 0 radical (unpaired) electrons. The van der Waals surface area contributed by atoms with E-state index in [1.165, 1.54) is 4.31 Å². The molecule has 1 N–H and O–H groups in total. The van der Waals surface area contributed by atoms with Crippen molar-refractivity contribution < 1.29 is 13.2 Å². The quantitative estimate of drug-likeness (QED) is 0.809. The van der Waals surface area contributed by atoms with Gasteiger partial charge in [0.15, 0.2) is 0 Å². The molecule has 0 bridgehead atoms. The Morgan fingerprint density at radius 3 is 2.38 bits per heavy atom. The normalized spacial score (nSPS) is 29.6. The maximum atomic E-state index is 12.6. The first-order valence-electron chi connectivity index (χ1n) is 7.88. The molecule has 6 nitrogen and oxygen atoms in total. The zero-order valence-corrected chi connectivity index (χ0v) is 14.4. The lowest BCUT2D eigenvalue weighted by atomic mass is 10.1. The Morgan fingerprint density at radius 1 is 1.24 bits per heavy atom. The van der Waals surface area contributed by atoms with Crippen LogP contribution in [0.3, 0.4) is 0 Å². The topological polar surface area (TPSA) is 61.9 Å². The summed E-state index contributed by atoms with van der Waals surface area (Å²) in [6.07, 6.45) is 1.55. The van der Waals surface area contributed by atoms with Crippen LogP contribution in [0.4, 0.5) is 0 Å². The predicted octanol–water partition coefficient (Wildman–Crippen LogP) is 0.660. The van der Waals surface area contributed by atoms with E-state index in [-0.39, 0.29) is 12.1 Å². The van der Waals surface area contributed by atoms with Crippen LogP contribution in [0.25, 0.3) is 0 Å². The summed E-state index contributed by atoms with van der Waals surface area (Å²) in [7, 11) is -1.75. The van der Waals surface area contributed by atoms with Gasteiger partial charge >= 0.3 is 0 Å². The van der Waals surface area contributed by atoms with Gasteiger partial charge in [0.05, 0.1) is 0 Å². The second kappa shape index (κ2) is 6.91. The molecular weight excluding hydrogens is 290 g/mol. The van der Waals surface area contributed by atoms with E-state index in [2.05, 4.69) is 30.4 Å². The molecule has 0 aromatic heterocycles. The van der Waals surface area contributed by atoms with Crippen LogP contribution in [0.5, 0.6) is 0 Å². The molecular formula is C14H29N3O3S. The van der Waals surface area contributed by atoms with Gasteiger partial charge in [0.1, 0.15) is 0 Å². The predicted molar refractivity (Wildman–Crippen MR) is 83.3 cm³/mol. The van der Waals surface area contributed by atoms with Gasteiger partial charge in [-0.25, -0.2) is 0 Å². The molecule has 2 heterocycles. The molecule has 2 unspecified atom stereocenters. The summed E-state index contributed by atoms with van der Waals surface area (Å²) in [4.78, 5) is 2.33. The van der Waals surface area contributed by atoms with Gasteiger partial charge in [-0.1, -0.05) is 6.92 Å². The lowest BCUT2D eigenvalue weighted by molar-refractivity contribution is 0.0628. The summed E-state index contributed by atoms with van der Waals surface area (Å²) in [6.45, 7) is 9.45. The molecule has 2 saturated heterocycles. The largest absolute Gasteiger partial charge is 0.381 e. The molecule has 0 saturated carbocycles. The molecule has 0 spiro atoms. The van der Waals surface area contributed by atoms with Crippen molar-refractivity contribution >= 4 is 10.2 Å². The smallest absolute Gasteiger partial charge is 0.279 e. The van der Waals surface area contributed by atoms with Crippen molar-refractivity contribution in [1.29, 1.82) is 0 Å². The first-order valence-corrected chi connectivity index (χ1v) is 9.32. The zero-order chi connectivity index (χ0) is 15.6. The summed E-state index contributed by atoms with van der Waals surface area (Å²) in [6, 6.07) is 0.504. The molecule has 2 fully saturated rings. The Balaban J connectivity index is 1.97. The van der Waals surface area contributed by atoms with E-state index in [0.717, 1.165) is 25.9 Å². The SMILES string of the molecule is CC1CN(C(C)C)CC1NS(=O)(=O)N(C)C1CCOCC1. The number of hydrogen-bond acceptors (Lipinski definition) is 4. The van der Waals surface area contributed by atoms with Gasteiger partial charge < -0.3 is 4.74 Å².